The highest BCUT2D eigenvalue weighted by molar-refractivity contribution is 7.89. The maximum Gasteiger partial charge on any atom is 0.258 e. The quantitative estimate of drug-likeness (QED) is 0.734. The Morgan fingerprint density at radius 2 is 1.90 bits per heavy atom. The number of nitrogens with one attached hydrogen (secondary N) is 2. The second-order valence-electron chi connectivity index (χ2n) is 5.88. The van der Waals surface area contributed by atoms with Crippen LogP contribution >= 0.6 is 0 Å². The molecular formula is C15H27N3O2S. The molecule has 120 valence electrons. The van der Waals surface area contributed by atoms with E-state index in [0.717, 1.165) is 24.8 Å². The molecule has 5 nitrogen and oxygen atoms in total. The molecule has 1 aromatic rings. The molecule has 0 saturated carbocycles. The van der Waals surface area contributed by atoms with Gasteiger partial charge < -0.3 is 5.32 Å². The van der Waals surface area contributed by atoms with Crippen molar-refractivity contribution in [3.05, 3.63) is 23.9 Å². The van der Waals surface area contributed by atoms with Crippen LogP contribution in [0, 0.1) is 5.92 Å². The topological polar surface area (TPSA) is 71.1 Å². The Hall–Kier alpha value is -0.980. The van der Waals surface area contributed by atoms with Crippen molar-refractivity contribution in [2.24, 2.45) is 5.92 Å². The third-order valence-corrected chi connectivity index (χ3v) is 4.73. The molecular weight excluding hydrogens is 286 g/mol. The second kappa shape index (κ2) is 8.46. The predicted octanol–water partition coefficient (Wildman–Crippen LogP) is 2.29. The van der Waals surface area contributed by atoms with Crippen LogP contribution in [0.1, 0.15) is 45.6 Å². The van der Waals surface area contributed by atoms with E-state index < -0.39 is 10.0 Å². The smallest absolute Gasteiger partial charge is 0.258 e. The zero-order valence-corrected chi connectivity index (χ0v) is 14.2. The van der Waals surface area contributed by atoms with Crippen molar-refractivity contribution in [1.29, 1.82) is 0 Å². The van der Waals surface area contributed by atoms with E-state index in [-0.39, 0.29) is 11.1 Å². The van der Waals surface area contributed by atoms with Gasteiger partial charge in [0, 0.05) is 18.8 Å². The second-order valence-corrected chi connectivity index (χ2v) is 7.54. The van der Waals surface area contributed by atoms with Gasteiger partial charge in [-0.1, -0.05) is 32.8 Å². The van der Waals surface area contributed by atoms with E-state index in [1.165, 1.54) is 0 Å². The Labute approximate surface area is 128 Å². The number of nitrogens with zero attached hydrogens (tertiary/aromatic N) is 1. The third kappa shape index (κ3) is 6.54. The zero-order valence-electron chi connectivity index (χ0n) is 13.4. The van der Waals surface area contributed by atoms with Crippen LogP contribution in [-0.4, -0.2) is 26.5 Å². The molecule has 0 aliphatic carbocycles. The lowest BCUT2D eigenvalue weighted by atomic mass is 10.0. The van der Waals surface area contributed by atoms with Crippen molar-refractivity contribution < 1.29 is 8.42 Å². The van der Waals surface area contributed by atoms with Crippen LogP contribution in [0.15, 0.2) is 23.4 Å². The van der Waals surface area contributed by atoms with Crippen molar-refractivity contribution in [3.63, 3.8) is 0 Å². The Morgan fingerprint density at radius 1 is 1.19 bits per heavy atom. The van der Waals surface area contributed by atoms with Gasteiger partial charge >= 0.3 is 0 Å². The minimum absolute atomic E-state index is 0.0764. The number of pyridine rings is 1. The van der Waals surface area contributed by atoms with Crippen molar-refractivity contribution in [2.45, 2.75) is 57.6 Å². The molecule has 0 bridgehead atoms. The molecule has 1 atom stereocenters. The first-order valence-electron chi connectivity index (χ1n) is 7.47. The van der Waals surface area contributed by atoms with Crippen molar-refractivity contribution in [3.8, 4) is 0 Å². The summed E-state index contributed by atoms with van der Waals surface area (Å²) < 4.78 is 27.1. The molecule has 0 fully saturated rings. The van der Waals surface area contributed by atoms with Crippen molar-refractivity contribution in [2.75, 3.05) is 7.05 Å². The number of rotatable bonds is 9. The summed E-state index contributed by atoms with van der Waals surface area (Å²) in [5, 5.41) is 3.08. The fraction of sp³-hybridized carbons (Fsp3) is 0.667. The molecule has 1 rings (SSSR count). The average molecular weight is 313 g/mol. The number of hydrogen-bond acceptors (Lipinski definition) is 4. The fourth-order valence-electron chi connectivity index (χ4n) is 2.10. The molecule has 21 heavy (non-hydrogen) atoms. The van der Waals surface area contributed by atoms with Gasteiger partial charge in [-0.25, -0.2) is 18.1 Å². The van der Waals surface area contributed by atoms with E-state index in [1.54, 1.807) is 18.3 Å². The van der Waals surface area contributed by atoms with Gasteiger partial charge in [-0.05, 0) is 37.9 Å². The van der Waals surface area contributed by atoms with Crippen LogP contribution in [-0.2, 0) is 16.6 Å². The third-order valence-electron chi connectivity index (χ3n) is 3.23. The molecule has 0 amide bonds. The summed E-state index contributed by atoms with van der Waals surface area (Å²) in [6.07, 6.45) is 4.57. The molecule has 6 heteroatoms. The lowest BCUT2D eigenvalue weighted by molar-refractivity contribution is 0.487. The van der Waals surface area contributed by atoms with Crippen LogP contribution in [0.5, 0.6) is 0 Å². The maximum atomic E-state index is 12.2. The highest BCUT2D eigenvalue weighted by Crippen LogP contribution is 2.11. The van der Waals surface area contributed by atoms with E-state index in [1.807, 2.05) is 14.0 Å². The largest absolute Gasteiger partial charge is 0.316 e. The fourth-order valence-corrected chi connectivity index (χ4v) is 3.30. The van der Waals surface area contributed by atoms with Gasteiger partial charge in [0.1, 0.15) is 0 Å². The van der Waals surface area contributed by atoms with Gasteiger partial charge in [0.2, 0.25) is 0 Å². The molecule has 1 unspecified atom stereocenters. The highest BCUT2D eigenvalue weighted by atomic mass is 32.2. The standard InChI is InChI=1S/C15H27N3O2S/c1-12(2)6-5-7-13(3)18-21(19,20)15-9-8-14(10-16-4)11-17-15/h8-9,11-13,16,18H,5-7,10H2,1-4H3. The monoisotopic (exact) mass is 313 g/mol. The van der Waals surface area contributed by atoms with Crippen LogP contribution in [0.4, 0.5) is 0 Å². The molecule has 0 saturated heterocycles. The minimum Gasteiger partial charge on any atom is -0.316 e. The van der Waals surface area contributed by atoms with Crippen LogP contribution in [0.2, 0.25) is 0 Å². The lowest BCUT2D eigenvalue weighted by Gasteiger charge is -2.14. The summed E-state index contributed by atoms with van der Waals surface area (Å²) in [6, 6.07) is 3.25. The van der Waals surface area contributed by atoms with Gasteiger partial charge in [0.15, 0.2) is 5.03 Å². The van der Waals surface area contributed by atoms with Crippen LogP contribution in [0.25, 0.3) is 0 Å². The molecule has 0 aromatic carbocycles. The molecule has 0 spiro atoms. The average Bonchev–Trinajstić information content (AvgIpc) is 2.38. The first kappa shape index (κ1) is 18.1. The summed E-state index contributed by atoms with van der Waals surface area (Å²) >= 11 is 0. The number of sulfonamides is 1. The van der Waals surface area contributed by atoms with E-state index in [2.05, 4.69) is 28.9 Å². The maximum absolute atomic E-state index is 12.2. The first-order valence-corrected chi connectivity index (χ1v) is 8.95. The van der Waals surface area contributed by atoms with Crippen LogP contribution in [0.3, 0.4) is 0 Å². The Balaban J connectivity index is 2.59. The summed E-state index contributed by atoms with van der Waals surface area (Å²) in [7, 11) is -1.69. The predicted molar refractivity (Wildman–Crippen MR) is 85.5 cm³/mol. The van der Waals surface area contributed by atoms with E-state index in [0.29, 0.717) is 12.5 Å². The minimum atomic E-state index is -3.52. The van der Waals surface area contributed by atoms with E-state index in [9.17, 15) is 8.42 Å². The van der Waals surface area contributed by atoms with Gasteiger partial charge in [-0.2, -0.15) is 0 Å². The summed E-state index contributed by atoms with van der Waals surface area (Å²) in [6.45, 7) is 6.91. The van der Waals surface area contributed by atoms with Crippen molar-refractivity contribution >= 4 is 10.0 Å². The molecule has 0 radical (unpaired) electrons. The SMILES string of the molecule is CNCc1ccc(S(=O)(=O)NC(C)CCCC(C)C)nc1. The van der Waals surface area contributed by atoms with Gasteiger partial charge in [-0.15, -0.1) is 0 Å². The normalized spacial score (nSPS) is 13.6. The van der Waals surface area contributed by atoms with Crippen molar-refractivity contribution in [1.82, 2.24) is 15.0 Å². The Bertz CT molecular complexity index is 512. The number of hydrogen-bond donors (Lipinski definition) is 2. The Morgan fingerprint density at radius 3 is 2.43 bits per heavy atom. The van der Waals surface area contributed by atoms with E-state index >= 15 is 0 Å². The molecule has 0 aliphatic heterocycles. The zero-order chi connectivity index (χ0) is 15.9. The van der Waals surface area contributed by atoms with Gasteiger partial charge in [-0.3, -0.25) is 0 Å². The lowest BCUT2D eigenvalue weighted by Crippen LogP contribution is -2.33. The summed E-state index contributed by atoms with van der Waals surface area (Å²) in [5.74, 6) is 0.648. The van der Waals surface area contributed by atoms with E-state index in [4.69, 9.17) is 0 Å². The summed E-state index contributed by atoms with van der Waals surface area (Å²) in [4.78, 5) is 4.04. The number of aromatic nitrogens is 1. The molecule has 2 N–H and O–H groups in total. The molecule has 1 aromatic heterocycles. The van der Waals surface area contributed by atoms with Gasteiger partial charge in [0.25, 0.3) is 10.0 Å². The molecule has 1 heterocycles. The summed E-state index contributed by atoms with van der Waals surface area (Å²) in [5.41, 5.74) is 0.960. The molecule has 0 aliphatic rings. The first-order chi connectivity index (χ1) is 9.85. The highest BCUT2D eigenvalue weighted by Gasteiger charge is 2.18. The van der Waals surface area contributed by atoms with Gasteiger partial charge in [0.05, 0.1) is 0 Å². The Kier molecular flexibility index (Phi) is 7.28. The van der Waals surface area contributed by atoms with Crippen LogP contribution < -0.4 is 10.0 Å².